The number of hydrogen-bond donors (Lipinski definition) is 2. The lowest BCUT2D eigenvalue weighted by atomic mass is 9.91. The molecule has 3 heterocycles. The standard InChI is InChI=1S/C22H26F3N5O2S/c1-33(26,32)30-7-6-17-19(12-30)27-28-20(17)21(31)29-10-14-8-13(9-15(14)11-29)16-4-2-3-5-18(16)22(23,24)25/h2-5,13-15,26H,6-12H2,1H3,(H,27,28)/t13-,14-,15+,33?. The van der Waals surface area contributed by atoms with Gasteiger partial charge in [-0.05, 0) is 48.6 Å². The molecule has 1 saturated heterocycles. The number of aromatic amines is 1. The molecule has 11 heteroatoms. The number of H-pyrrole nitrogens is 1. The third-order valence-corrected chi connectivity index (χ3v) is 8.64. The Balaban J connectivity index is 1.28. The fraction of sp³-hybridized carbons (Fsp3) is 0.545. The number of nitrogens with zero attached hydrogens (tertiary/aromatic N) is 3. The molecule has 1 amide bonds. The molecule has 5 rings (SSSR count). The molecule has 4 atom stereocenters. The summed E-state index contributed by atoms with van der Waals surface area (Å²) in [4.78, 5) is 15.0. The Bertz CT molecular complexity index is 1180. The first-order valence-electron chi connectivity index (χ1n) is 11.0. The van der Waals surface area contributed by atoms with Crippen LogP contribution in [0.3, 0.4) is 0 Å². The molecule has 0 spiro atoms. The first kappa shape index (κ1) is 22.4. The molecule has 1 aliphatic carbocycles. The van der Waals surface area contributed by atoms with Crippen LogP contribution in [0.4, 0.5) is 13.2 Å². The number of halogens is 3. The summed E-state index contributed by atoms with van der Waals surface area (Å²) in [6.07, 6.45) is -1.21. The zero-order chi connectivity index (χ0) is 23.5. The maximum Gasteiger partial charge on any atom is 0.416 e. The van der Waals surface area contributed by atoms with Crippen molar-refractivity contribution < 1.29 is 22.2 Å². The van der Waals surface area contributed by atoms with E-state index < -0.39 is 21.7 Å². The van der Waals surface area contributed by atoms with Gasteiger partial charge in [-0.15, -0.1) is 0 Å². The van der Waals surface area contributed by atoms with Gasteiger partial charge in [0.1, 0.15) is 9.92 Å². The van der Waals surface area contributed by atoms with Gasteiger partial charge in [-0.2, -0.15) is 18.3 Å². The van der Waals surface area contributed by atoms with Gasteiger partial charge in [-0.3, -0.25) is 9.89 Å². The van der Waals surface area contributed by atoms with E-state index >= 15 is 0 Å². The van der Waals surface area contributed by atoms with Crippen LogP contribution in [-0.2, 0) is 29.1 Å². The predicted molar refractivity (Wildman–Crippen MR) is 116 cm³/mol. The van der Waals surface area contributed by atoms with Crippen molar-refractivity contribution in [2.24, 2.45) is 11.8 Å². The molecular weight excluding hydrogens is 455 g/mol. The number of fused-ring (bicyclic) bond motifs is 2. The van der Waals surface area contributed by atoms with Gasteiger partial charge in [0, 0.05) is 31.5 Å². The maximum absolute atomic E-state index is 13.5. The Hall–Kier alpha value is -2.40. The molecule has 0 radical (unpaired) electrons. The summed E-state index contributed by atoms with van der Waals surface area (Å²) in [5, 5.41) is 7.11. The summed E-state index contributed by atoms with van der Waals surface area (Å²) in [5.74, 6) is 0.0517. The highest BCUT2D eigenvalue weighted by molar-refractivity contribution is 7.89. The van der Waals surface area contributed by atoms with Gasteiger partial charge in [-0.25, -0.2) is 13.3 Å². The molecule has 178 valence electrons. The second kappa shape index (κ2) is 7.83. The first-order chi connectivity index (χ1) is 15.5. The minimum absolute atomic E-state index is 0.145. The van der Waals surface area contributed by atoms with E-state index in [2.05, 4.69) is 10.2 Å². The number of hydrogen-bond acceptors (Lipinski definition) is 4. The van der Waals surface area contributed by atoms with Gasteiger partial charge in [0.25, 0.3) is 5.91 Å². The third kappa shape index (κ3) is 4.05. The molecule has 1 saturated carbocycles. The van der Waals surface area contributed by atoms with Crippen molar-refractivity contribution in [3.05, 3.63) is 52.3 Å². The van der Waals surface area contributed by atoms with E-state index in [0.29, 0.717) is 56.7 Å². The minimum atomic E-state index is -4.37. The molecule has 1 unspecified atom stereocenters. The van der Waals surface area contributed by atoms with Crippen molar-refractivity contribution in [3.8, 4) is 0 Å². The number of rotatable bonds is 3. The second-order valence-corrected chi connectivity index (χ2v) is 11.6. The average Bonchev–Trinajstić information content (AvgIpc) is 3.44. The molecule has 7 nitrogen and oxygen atoms in total. The van der Waals surface area contributed by atoms with Crippen molar-refractivity contribution in [3.63, 3.8) is 0 Å². The molecule has 1 aromatic heterocycles. The van der Waals surface area contributed by atoms with Gasteiger partial charge in [-0.1, -0.05) is 18.2 Å². The summed E-state index contributed by atoms with van der Waals surface area (Å²) >= 11 is 0. The highest BCUT2D eigenvalue weighted by Crippen LogP contribution is 2.49. The fourth-order valence-corrected chi connectivity index (χ4v) is 6.56. The van der Waals surface area contributed by atoms with E-state index in [4.69, 9.17) is 4.78 Å². The summed E-state index contributed by atoms with van der Waals surface area (Å²) in [5.41, 5.74) is 1.72. The monoisotopic (exact) mass is 481 g/mol. The molecule has 33 heavy (non-hydrogen) atoms. The van der Waals surface area contributed by atoms with Crippen molar-refractivity contribution in [2.45, 2.75) is 37.9 Å². The third-order valence-electron chi connectivity index (χ3n) is 7.34. The van der Waals surface area contributed by atoms with Crippen LogP contribution in [0.25, 0.3) is 0 Å². The quantitative estimate of drug-likeness (QED) is 0.701. The largest absolute Gasteiger partial charge is 0.416 e. The van der Waals surface area contributed by atoms with E-state index in [-0.39, 0.29) is 23.7 Å². The lowest BCUT2D eigenvalue weighted by Gasteiger charge is -2.26. The van der Waals surface area contributed by atoms with Crippen molar-refractivity contribution in [1.82, 2.24) is 19.4 Å². The van der Waals surface area contributed by atoms with E-state index in [1.165, 1.54) is 12.3 Å². The summed E-state index contributed by atoms with van der Waals surface area (Å²) in [7, 11) is -2.83. The molecule has 2 aromatic rings. The number of aromatic nitrogens is 2. The Morgan fingerprint density at radius 3 is 2.52 bits per heavy atom. The Labute approximate surface area is 190 Å². The summed E-state index contributed by atoms with van der Waals surface area (Å²) in [6, 6.07) is 5.82. The predicted octanol–water partition coefficient (Wildman–Crippen LogP) is 3.64. The molecular formula is C22H26F3N5O2S. The number of nitrogens with one attached hydrogen (secondary N) is 2. The maximum atomic E-state index is 13.5. The zero-order valence-electron chi connectivity index (χ0n) is 18.2. The van der Waals surface area contributed by atoms with Crippen LogP contribution in [0.1, 0.15) is 51.6 Å². The second-order valence-electron chi connectivity index (χ2n) is 9.43. The van der Waals surface area contributed by atoms with E-state index in [1.54, 1.807) is 21.3 Å². The van der Waals surface area contributed by atoms with Crippen molar-refractivity contribution >= 4 is 15.8 Å². The Kier molecular flexibility index (Phi) is 5.32. The highest BCUT2D eigenvalue weighted by atomic mass is 32.2. The highest BCUT2D eigenvalue weighted by Gasteiger charge is 2.45. The number of likely N-dealkylation sites (tertiary alicyclic amines) is 1. The number of benzene rings is 1. The molecule has 2 fully saturated rings. The summed E-state index contributed by atoms with van der Waals surface area (Å²) < 4.78 is 61.7. The summed E-state index contributed by atoms with van der Waals surface area (Å²) in [6.45, 7) is 1.77. The van der Waals surface area contributed by atoms with Gasteiger partial charge < -0.3 is 4.90 Å². The Morgan fingerprint density at radius 2 is 1.88 bits per heavy atom. The van der Waals surface area contributed by atoms with Crippen LogP contribution in [0.2, 0.25) is 0 Å². The van der Waals surface area contributed by atoms with Crippen LogP contribution in [0, 0.1) is 16.6 Å². The zero-order valence-corrected chi connectivity index (χ0v) is 19.0. The first-order valence-corrected chi connectivity index (χ1v) is 12.9. The molecule has 1 aromatic carbocycles. The van der Waals surface area contributed by atoms with E-state index in [1.807, 2.05) is 0 Å². The van der Waals surface area contributed by atoms with Crippen LogP contribution >= 0.6 is 0 Å². The molecule has 2 aliphatic heterocycles. The Morgan fingerprint density at radius 1 is 1.21 bits per heavy atom. The molecule has 2 N–H and O–H groups in total. The van der Waals surface area contributed by atoms with Crippen LogP contribution in [0.5, 0.6) is 0 Å². The average molecular weight is 482 g/mol. The van der Waals surface area contributed by atoms with Gasteiger partial charge in [0.2, 0.25) is 0 Å². The lowest BCUT2D eigenvalue weighted by molar-refractivity contribution is -0.138. The van der Waals surface area contributed by atoms with Crippen molar-refractivity contribution in [1.29, 1.82) is 4.78 Å². The number of alkyl halides is 3. The van der Waals surface area contributed by atoms with Crippen LogP contribution in [-0.4, -0.2) is 55.4 Å². The fourth-order valence-electron chi connectivity index (χ4n) is 5.75. The lowest BCUT2D eigenvalue weighted by Crippen LogP contribution is -2.35. The number of carbonyl (C=O) groups is 1. The van der Waals surface area contributed by atoms with Gasteiger partial charge in [0.15, 0.2) is 5.69 Å². The smallest absolute Gasteiger partial charge is 0.337 e. The van der Waals surface area contributed by atoms with Gasteiger partial charge >= 0.3 is 6.18 Å². The number of amides is 1. The van der Waals surface area contributed by atoms with Crippen molar-refractivity contribution in [2.75, 3.05) is 25.9 Å². The minimum Gasteiger partial charge on any atom is -0.337 e. The molecule has 3 aliphatic rings. The number of carbonyl (C=O) groups excluding carboxylic acids is 1. The van der Waals surface area contributed by atoms with E-state index in [0.717, 1.165) is 17.3 Å². The topological polar surface area (TPSA) is 93.2 Å². The molecule has 0 bridgehead atoms. The van der Waals surface area contributed by atoms with Crippen LogP contribution < -0.4 is 0 Å². The SMILES string of the molecule is CS(=N)(=O)N1CCc2c(C(=O)N3C[C@H]4C[C@@H](c5ccccc5C(F)(F)F)C[C@H]4C3)n[nH]c2C1. The van der Waals surface area contributed by atoms with E-state index in [9.17, 15) is 22.2 Å². The normalized spacial score (nSPS) is 27.3. The van der Waals surface area contributed by atoms with Gasteiger partial charge in [0.05, 0.1) is 17.8 Å². The van der Waals surface area contributed by atoms with Crippen LogP contribution in [0.15, 0.2) is 24.3 Å².